The number of benzene rings is 1. The summed E-state index contributed by atoms with van der Waals surface area (Å²) >= 11 is 0. The van der Waals surface area contributed by atoms with E-state index in [1.807, 2.05) is 6.07 Å². The van der Waals surface area contributed by atoms with Crippen molar-refractivity contribution in [2.75, 3.05) is 0 Å². The quantitative estimate of drug-likeness (QED) is 0.854. The summed E-state index contributed by atoms with van der Waals surface area (Å²) in [5.41, 5.74) is 1.66. The number of carbonyl (C=O) groups excluding carboxylic acids is 1. The number of rotatable bonds is 1. The fourth-order valence-corrected chi connectivity index (χ4v) is 3.18. The first-order valence-corrected chi connectivity index (χ1v) is 6.91. The van der Waals surface area contributed by atoms with Crippen molar-refractivity contribution in [2.24, 2.45) is 10.9 Å². The fraction of sp³-hybridized carbons (Fsp3) is 0.357. The van der Waals surface area contributed by atoms with Crippen LogP contribution in [0, 0.1) is 5.92 Å². The van der Waals surface area contributed by atoms with Gasteiger partial charge in [-0.25, -0.2) is 9.67 Å². The predicted molar refractivity (Wildman–Crippen MR) is 73.5 cm³/mol. The minimum absolute atomic E-state index is 0.162. The molecule has 7 heteroatoms. The Morgan fingerprint density at radius 3 is 3.05 bits per heavy atom. The molecule has 2 atom stereocenters. The maximum absolute atomic E-state index is 12.4. The highest BCUT2D eigenvalue weighted by molar-refractivity contribution is 6.09. The number of aliphatic imine (C=N–C) groups is 1. The van der Waals surface area contributed by atoms with E-state index in [1.165, 1.54) is 0 Å². The number of hydrogen-bond donors (Lipinski definition) is 1. The molecule has 0 amide bonds. The Balaban J connectivity index is 1.90. The van der Waals surface area contributed by atoms with Gasteiger partial charge in [0, 0.05) is 12.1 Å². The summed E-state index contributed by atoms with van der Waals surface area (Å²) in [4.78, 5) is 16.8. The zero-order chi connectivity index (χ0) is 14.4. The lowest BCUT2D eigenvalue weighted by atomic mass is 9.78. The number of phenols is 1. The minimum atomic E-state index is -0.337. The van der Waals surface area contributed by atoms with Crippen molar-refractivity contribution in [1.82, 2.24) is 20.2 Å². The van der Waals surface area contributed by atoms with Gasteiger partial charge in [0.2, 0.25) is 0 Å². The summed E-state index contributed by atoms with van der Waals surface area (Å²) in [5, 5.41) is 21.3. The molecule has 1 aliphatic carbocycles. The van der Waals surface area contributed by atoms with Crippen LogP contribution >= 0.6 is 0 Å². The van der Waals surface area contributed by atoms with Crippen molar-refractivity contribution >= 4 is 17.4 Å². The summed E-state index contributed by atoms with van der Waals surface area (Å²) < 4.78 is 1.58. The fourth-order valence-electron chi connectivity index (χ4n) is 3.18. The topological polar surface area (TPSA) is 93.3 Å². The number of fused-ring (bicyclic) bond motifs is 2. The van der Waals surface area contributed by atoms with Crippen LogP contribution in [0.3, 0.4) is 0 Å². The van der Waals surface area contributed by atoms with E-state index in [2.05, 4.69) is 20.5 Å². The highest BCUT2D eigenvalue weighted by atomic mass is 16.3. The number of Topliss-reactive ketones (excluding diaryl/α,β-unsaturated/α-hetero) is 1. The maximum atomic E-state index is 12.4. The normalized spacial score (nSPS) is 24.2. The van der Waals surface area contributed by atoms with E-state index < -0.39 is 0 Å². The van der Waals surface area contributed by atoms with Crippen molar-refractivity contribution in [3.8, 4) is 5.75 Å². The Morgan fingerprint density at radius 1 is 1.29 bits per heavy atom. The lowest BCUT2D eigenvalue weighted by Gasteiger charge is -2.33. The lowest BCUT2D eigenvalue weighted by molar-refractivity contribution is -0.122. The lowest BCUT2D eigenvalue weighted by Crippen LogP contribution is -2.39. The molecule has 0 spiro atoms. The van der Waals surface area contributed by atoms with Gasteiger partial charge < -0.3 is 5.11 Å². The predicted octanol–water partition coefficient (Wildman–Crippen LogP) is 1.42. The van der Waals surface area contributed by atoms with E-state index in [9.17, 15) is 9.90 Å². The number of phenolic OH excluding ortho intramolecular Hbond substituents is 1. The van der Waals surface area contributed by atoms with Crippen LogP contribution in [0.25, 0.3) is 0 Å². The first-order chi connectivity index (χ1) is 10.2. The number of hydrogen-bond acceptors (Lipinski definition) is 6. The molecule has 2 aliphatic rings. The van der Waals surface area contributed by atoms with Crippen molar-refractivity contribution in [3.05, 3.63) is 29.8 Å². The van der Waals surface area contributed by atoms with E-state index >= 15 is 0 Å². The number of aromatic nitrogens is 4. The highest BCUT2D eigenvalue weighted by Gasteiger charge is 2.41. The smallest absolute Gasteiger partial charge is 0.269 e. The third-order valence-electron chi connectivity index (χ3n) is 4.07. The molecule has 21 heavy (non-hydrogen) atoms. The van der Waals surface area contributed by atoms with Gasteiger partial charge in [-0.2, -0.15) is 0 Å². The number of ketones is 1. The number of carbonyl (C=O) groups is 1. The van der Waals surface area contributed by atoms with E-state index in [-0.39, 0.29) is 23.5 Å². The van der Waals surface area contributed by atoms with Crippen molar-refractivity contribution in [1.29, 1.82) is 0 Å². The Kier molecular flexibility index (Phi) is 2.60. The molecule has 4 rings (SSSR count). The van der Waals surface area contributed by atoms with E-state index in [0.717, 1.165) is 24.1 Å². The van der Waals surface area contributed by atoms with Crippen LogP contribution in [0.15, 0.2) is 29.3 Å². The van der Waals surface area contributed by atoms with Crippen molar-refractivity contribution in [3.63, 3.8) is 0 Å². The minimum Gasteiger partial charge on any atom is -0.508 e. The second kappa shape index (κ2) is 4.47. The largest absolute Gasteiger partial charge is 0.508 e. The van der Waals surface area contributed by atoms with Gasteiger partial charge in [-0.15, -0.1) is 0 Å². The molecule has 1 N–H and O–H groups in total. The number of tetrazole rings is 1. The van der Waals surface area contributed by atoms with Gasteiger partial charge in [0.05, 0.1) is 12.0 Å². The van der Waals surface area contributed by atoms with Crippen LogP contribution in [0.4, 0.5) is 5.95 Å². The molecule has 1 fully saturated rings. The molecular weight excluding hydrogens is 270 g/mol. The molecule has 2 aromatic rings. The summed E-state index contributed by atoms with van der Waals surface area (Å²) in [6.07, 6.45) is 2.16. The molecule has 7 nitrogen and oxygen atoms in total. The van der Waals surface area contributed by atoms with Crippen molar-refractivity contribution < 1.29 is 9.90 Å². The van der Waals surface area contributed by atoms with Gasteiger partial charge in [0.1, 0.15) is 11.5 Å². The molecular formula is C14H13N5O2. The zero-order valence-electron chi connectivity index (χ0n) is 11.2. The molecule has 0 saturated heterocycles. The third kappa shape index (κ3) is 1.84. The van der Waals surface area contributed by atoms with Crippen LogP contribution in [0.5, 0.6) is 5.75 Å². The molecule has 2 heterocycles. The van der Waals surface area contributed by atoms with Crippen LogP contribution < -0.4 is 0 Å². The van der Waals surface area contributed by atoms with Crippen molar-refractivity contribution in [2.45, 2.75) is 25.3 Å². The first kappa shape index (κ1) is 12.2. The third-order valence-corrected chi connectivity index (χ3v) is 4.07. The Labute approximate surface area is 120 Å². The molecule has 1 aromatic heterocycles. The van der Waals surface area contributed by atoms with Gasteiger partial charge in [-0.05, 0) is 41.0 Å². The molecule has 1 aromatic carbocycles. The first-order valence-electron chi connectivity index (χ1n) is 6.91. The SMILES string of the molecule is O=C1CCCC2=Nc3nnnn3C(c3cccc(O)c3)C12. The monoisotopic (exact) mass is 283 g/mol. The second-order valence-corrected chi connectivity index (χ2v) is 5.36. The Bertz CT molecular complexity index is 751. The molecule has 1 aliphatic heterocycles. The van der Waals surface area contributed by atoms with Gasteiger partial charge in [0.15, 0.2) is 0 Å². The molecule has 0 radical (unpaired) electrons. The molecule has 1 saturated carbocycles. The molecule has 0 bridgehead atoms. The maximum Gasteiger partial charge on any atom is 0.269 e. The Hall–Kier alpha value is -2.57. The van der Waals surface area contributed by atoms with Gasteiger partial charge in [-0.3, -0.25) is 4.79 Å². The molecule has 106 valence electrons. The zero-order valence-corrected chi connectivity index (χ0v) is 11.2. The average Bonchev–Trinajstić information content (AvgIpc) is 2.93. The van der Waals surface area contributed by atoms with Crippen LogP contribution in [0.2, 0.25) is 0 Å². The van der Waals surface area contributed by atoms with Gasteiger partial charge in [0.25, 0.3) is 5.95 Å². The number of aromatic hydroxyl groups is 1. The van der Waals surface area contributed by atoms with Crippen LogP contribution in [-0.4, -0.2) is 36.8 Å². The van der Waals surface area contributed by atoms with Crippen LogP contribution in [-0.2, 0) is 4.79 Å². The van der Waals surface area contributed by atoms with E-state index in [1.54, 1.807) is 22.9 Å². The molecule has 2 unspecified atom stereocenters. The van der Waals surface area contributed by atoms with Gasteiger partial charge in [-0.1, -0.05) is 17.2 Å². The van der Waals surface area contributed by atoms with Crippen LogP contribution in [0.1, 0.15) is 30.9 Å². The highest BCUT2D eigenvalue weighted by Crippen LogP contribution is 2.39. The van der Waals surface area contributed by atoms with E-state index in [0.29, 0.717) is 12.4 Å². The summed E-state index contributed by atoms with van der Waals surface area (Å²) in [5.74, 6) is 0.407. The average molecular weight is 283 g/mol. The number of nitrogens with zero attached hydrogens (tertiary/aromatic N) is 5. The summed E-state index contributed by atoms with van der Waals surface area (Å²) in [6.45, 7) is 0. The summed E-state index contributed by atoms with van der Waals surface area (Å²) in [7, 11) is 0. The Morgan fingerprint density at radius 2 is 2.19 bits per heavy atom. The standard InChI is InChI=1S/C14H13N5O2/c20-9-4-1-3-8(7-9)13-12-10(5-2-6-11(12)21)15-14-16-17-18-19(13)14/h1,3-4,7,12-13,20H,2,5-6H2. The van der Waals surface area contributed by atoms with E-state index in [4.69, 9.17) is 0 Å². The second-order valence-electron chi connectivity index (χ2n) is 5.36. The van der Waals surface area contributed by atoms with Gasteiger partial charge >= 0.3 is 0 Å². The summed E-state index contributed by atoms with van der Waals surface area (Å²) in [6, 6.07) is 6.56.